The molecule has 11 rings (SSSR count). The van der Waals surface area contributed by atoms with Crippen LogP contribution in [-0.2, 0) is 0 Å². The quantitative estimate of drug-likeness (QED) is 0.185. The maximum atomic E-state index is 5.44. The number of pyridine rings is 1. The van der Waals surface area contributed by atoms with Crippen molar-refractivity contribution in [2.45, 2.75) is 0 Å². The first-order valence-electron chi connectivity index (χ1n) is 17.6. The molecule has 8 aromatic carbocycles. The molecule has 0 unspecified atom stereocenters. The third kappa shape index (κ3) is 4.58. The average molecular weight is 680 g/mol. The second kappa shape index (κ2) is 11.5. The highest BCUT2D eigenvalue weighted by atomic mass is 32.1. The third-order valence-corrected chi connectivity index (χ3v) is 11.5. The van der Waals surface area contributed by atoms with Gasteiger partial charge in [-0.3, -0.25) is 4.40 Å². The van der Waals surface area contributed by atoms with Gasteiger partial charge in [0.15, 0.2) is 0 Å². The first-order chi connectivity index (χ1) is 25.7. The van der Waals surface area contributed by atoms with Crippen LogP contribution in [0.1, 0.15) is 0 Å². The lowest BCUT2D eigenvalue weighted by atomic mass is 9.89. The normalized spacial score (nSPS) is 11.8. The van der Waals surface area contributed by atoms with E-state index in [2.05, 4.69) is 174 Å². The molecule has 0 saturated heterocycles. The molecule has 0 N–H and O–H groups in total. The van der Waals surface area contributed by atoms with E-state index in [1.54, 1.807) is 11.3 Å². The molecule has 0 aliphatic rings. The number of benzene rings is 8. The molecule has 52 heavy (non-hydrogen) atoms. The molecule has 3 nitrogen and oxygen atoms in total. The van der Waals surface area contributed by atoms with E-state index < -0.39 is 0 Å². The molecule has 0 aliphatic carbocycles. The third-order valence-electron chi connectivity index (χ3n) is 10.4. The highest BCUT2D eigenvalue weighted by Gasteiger charge is 2.22. The van der Waals surface area contributed by atoms with Gasteiger partial charge in [0.05, 0.1) is 21.3 Å². The number of rotatable bonds is 4. The molecule has 3 heterocycles. The van der Waals surface area contributed by atoms with Crippen molar-refractivity contribution in [3.05, 3.63) is 176 Å². The predicted octanol–water partition coefficient (Wildman–Crippen LogP) is 13.2. The Labute approximate surface area is 303 Å². The standard InChI is InChI=1S/C48H29N3S/c1-3-11-34-27-36(23-19-30(34)9-1)44-39-13-5-6-14-40(39)45(37-24-20-31-10-2-4-12-35(31)28-37)47-46(44)50-43-26-25-38(29-51(43)47)32-17-21-33(22-18-32)48-49-41-15-7-8-16-42(41)52-48/h1-29H. The second-order valence-corrected chi connectivity index (χ2v) is 14.5. The number of nitrogens with zero attached hydrogens (tertiary/aromatic N) is 3. The van der Waals surface area contributed by atoms with Gasteiger partial charge in [0.2, 0.25) is 0 Å². The average Bonchev–Trinajstić information content (AvgIpc) is 3.81. The Morgan fingerprint density at radius 2 is 0.981 bits per heavy atom. The Morgan fingerprint density at radius 3 is 1.69 bits per heavy atom. The summed E-state index contributed by atoms with van der Waals surface area (Å²) in [6, 6.07) is 61.1. The van der Waals surface area contributed by atoms with E-state index in [1.165, 1.54) is 53.7 Å². The van der Waals surface area contributed by atoms with E-state index in [9.17, 15) is 0 Å². The Hall–Kier alpha value is -6.62. The zero-order valence-electron chi connectivity index (χ0n) is 28.0. The lowest BCUT2D eigenvalue weighted by Gasteiger charge is -2.16. The summed E-state index contributed by atoms with van der Waals surface area (Å²) in [5.74, 6) is 0. The maximum Gasteiger partial charge on any atom is 0.137 e. The monoisotopic (exact) mass is 679 g/mol. The van der Waals surface area contributed by atoms with Crippen molar-refractivity contribution in [1.29, 1.82) is 0 Å². The fourth-order valence-electron chi connectivity index (χ4n) is 7.88. The van der Waals surface area contributed by atoms with Crippen LogP contribution in [0.4, 0.5) is 0 Å². The van der Waals surface area contributed by atoms with Crippen LogP contribution in [-0.4, -0.2) is 14.4 Å². The molecule has 11 aromatic rings. The molecule has 0 spiro atoms. The van der Waals surface area contributed by atoms with Gasteiger partial charge in [0.25, 0.3) is 0 Å². The Bertz CT molecular complexity index is 3150. The van der Waals surface area contributed by atoms with E-state index in [1.807, 2.05) is 6.07 Å². The van der Waals surface area contributed by atoms with Crippen LogP contribution in [0.2, 0.25) is 0 Å². The summed E-state index contributed by atoms with van der Waals surface area (Å²) in [5, 5.41) is 8.35. The number of hydrogen-bond donors (Lipinski definition) is 0. The van der Waals surface area contributed by atoms with Gasteiger partial charge in [0, 0.05) is 22.9 Å². The van der Waals surface area contributed by atoms with Gasteiger partial charge in [-0.1, -0.05) is 133 Å². The summed E-state index contributed by atoms with van der Waals surface area (Å²) in [4.78, 5) is 10.3. The minimum absolute atomic E-state index is 0.921. The molecule has 0 aliphatic heterocycles. The van der Waals surface area contributed by atoms with Gasteiger partial charge < -0.3 is 0 Å². The van der Waals surface area contributed by atoms with Crippen LogP contribution < -0.4 is 0 Å². The molecule has 242 valence electrons. The van der Waals surface area contributed by atoms with Crippen molar-refractivity contribution in [3.63, 3.8) is 0 Å². The summed E-state index contributed by atoms with van der Waals surface area (Å²) < 4.78 is 3.52. The molecule has 0 amide bonds. The fraction of sp³-hybridized carbons (Fsp3) is 0. The van der Waals surface area contributed by atoms with Gasteiger partial charge in [-0.2, -0.15) is 0 Å². The van der Waals surface area contributed by atoms with E-state index in [4.69, 9.17) is 9.97 Å². The Balaban J connectivity index is 1.17. The highest BCUT2D eigenvalue weighted by Crippen LogP contribution is 2.45. The van der Waals surface area contributed by atoms with Gasteiger partial charge in [-0.25, -0.2) is 9.97 Å². The van der Waals surface area contributed by atoms with Crippen LogP contribution in [0.25, 0.3) is 103 Å². The van der Waals surface area contributed by atoms with Gasteiger partial charge in [-0.15, -0.1) is 11.3 Å². The molecular weight excluding hydrogens is 651 g/mol. The molecule has 0 fully saturated rings. The SMILES string of the molecule is c1ccc2cc(-c3c4ccccc4c(-c4ccc5ccccc5c4)c4c3nc3ccc(-c5ccc(-c6nc7ccccc7s6)cc5)cn34)ccc2c1. The van der Waals surface area contributed by atoms with Crippen molar-refractivity contribution in [3.8, 4) is 44.0 Å². The Morgan fingerprint density at radius 1 is 0.423 bits per heavy atom. The molecule has 0 saturated carbocycles. The molecular formula is C48H29N3S. The van der Waals surface area contributed by atoms with E-state index >= 15 is 0 Å². The van der Waals surface area contributed by atoms with Gasteiger partial charge in [0.1, 0.15) is 10.7 Å². The van der Waals surface area contributed by atoms with Gasteiger partial charge in [-0.05, 0) is 91.0 Å². The van der Waals surface area contributed by atoms with Crippen molar-refractivity contribution in [2.24, 2.45) is 0 Å². The lowest BCUT2D eigenvalue weighted by Crippen LogP contribution is -1.93. The minimum Gasteiger partial charge on any atom is -0.298 e. The lowest BCUT2D eigenvalue weighted by molar-refractivity contribution is 1.23. The number of fused-ring (bicyclic) bond motifs is 7. The highest BCUT2D eigenvalue weighted by molar-refractivity contribution is 7.21. The summed E-state index contributed by atoms with van der Waals surface area (Å²) in [6.07, 6.45) is 2.26. The van der Waals surface area contributed by atoms with Crippen molar-refractivity contribution in [1.82, 2.24) is 14.4 Å². The number of aromatic nitrogens is 3. The molecule has 4 heteroatoms. The fourth-order valence-corrected chi connectivity index (χ4v) is 8.85. The first kappa shape index (κ1) is 29.1. The van der Waals surface area contributed by atoms with Crippen LogP contribution >= 0.6 is 11.3 Å². The van der Waals surface area contributed by atoms with E-state index in [-0.39, 0.29) is 0 Å². The molecule has 0 radical (unpaired) electrons. The molecule has 3 aromatic heterocycles. The van der Waals surface area contributed by atoms with E-state index in [0.717, 1.165) is 49.5 Å². The van der Waals surface area contributed by atoms with Crippen LogP contribution in [0, 0.1) is 0 Å². The largest absolute Gasteiger partial charge is 0.298 e. The Kier molecular flexibility index (Phi) is 6.42. The predicted molar refractivity (Wildman–Crippen MR) is 220 cm³/mol. The minimum atomic E-state index is 0.921. The maximum absolute atomic E-state index is 5.44. The first-order valence-corrected chi connectivity index (χ1v) is 18.4. The zero-order valence-corrected chi connectivity index (χ0v) is 28.8. The second-order valence-electron chi connectivity index (χ2n) is 13.4. The van der Waals surface area contributed by atoms with Crippen LogP contribution in [0.5, 0.6) is 0 Å². The van der Waals surface area contributed by atoms with Crippen molar-refractivity contribution >= 4 is 70.6 Å². The summed E-state index contributed by atoms with van der Waals surface area (Å²) in [6.45, 7) is 0. The number of hydrogen-bond acceptors (Lipinski definition) is 3. The topological polar surface area (TPSA) is 30.2 Å². The van der Waals surface area contributed by atoms with Crippen molar-refractivity contribution in [2.75, 3.05) is 0 Å². The smallest absolute Gasteiger partial charge is 0.137 e. The number of thiazole rings is 1. The van der Waals surface area contributed by atoms with E-state index in [0.29, 0.717) is 0 Å². The van der Waals surface area contributed by atoms with Crippen molar-refractivity contribution < 1.29 is 0 Å². The summed E-state index contributed by atoms with van der Waals surface area (Å²) >= 11 is 1.73. The number of para-hydroxylation sites is 1. The molecule has 0 atom stereocenters. The van der Waals surface area contributed by atoms with Crippen LogP contribution in [0.15, 0.2) is 176 Å². The van der Waals surface area contributed by atoms with Crippen LogP contribution in [0.3, 0.4) is 0 Å². The summed E-state index contributed by atoms with van der Waals surface area (Å²) in [7, 11) is 0. The molecule has 0 bridgehead atoms. The number of imidazole rings is 1. The zero-order chi connectivity index (χ0) is 34.2. The van der Waals surface area contributed by atoms with Gasteiger partial charge >= 0.3 is 0 Å². The summed E-state index contributed by atoms with van der Waals surface area (Å²) in [5.41, 5.74) is 12.2.